The van der Waals surface area contributed by atoms with Crippen LogP contribution in [0.15, 0.2) is 72.8 Å². The molecule has 34 heavy (non-hydrogen) atoms. The Kier molecular flexibility index (Phi) is 5.55. The Hall–Kier alpha value is -4.46. The molecule has 8 heteroatoms. The molecule has 5 rings (SSSR count). The Morgan fingerprint density at radius 1 is 1.03 bits per heavy atom. The van der Waals surface area contributed by atoms with E-state index >= 15 is 0 Å². The molecule has 0 aromatic heterocycles. The fourth-order valence-electron chi connectivity index (χ4n) is 4.39. The van der Waals surface area contributed by atoms with Crippen LogP contribution in [0.3, 0.4) is 0 Å². The van der Waals surface area contributed by atoms with E-state index in [-0.39, 0.29) is 23.4 Å². The molecular formula is C26H22N4O4. The summed E-state index contributed by atoms with van der Waals surface area (Å²) >= 11 is 0. The van der Waals surface area contributed by atoms with Crippen LogP contribution in [0.4, 0.5) is 17.1 Å². The first-order valence-corrected chi connectivity index (χ1v) is 11.0. The molecule has 0 spiro atoms. The number of fused-ring (bicyclic) bond motifs is 1. The molecule has 1 saturated heterocycles. The number of carbonyl (C=O) groups is 2. The average molecular weight is 454 g/mol. The largest absolute Gasteiger partial charge is 0.356 e. The maximum absolute atomic E-state index is 13.0. The van der Waals surface area contributed by atoms with Gasteiger partial charge in [0, 0.05) is 41.5 Å². The van der Waals surface area contributed by atoms with E-state index in [4.69, 9.17) is 0 Å². The second-order valence-corrected chi connectivity index (χ2v) is 8.36. The lowest BCUT2D eigenvalue weighted by atomic mass is 9.97. The number of nitro groups is 1. The number of hydrogen-bond acceptors (Lipinski definition) is 5. The molecule has 1 unspecified atom stereocenters. The number of nitro benzene ring substituents is 1. The van der Waals surface area contributed by atoms with E-state index in [1.807, 2.05) is 54.6 Å². The predicted molar refractivity (Wildman–Crippen MR) is 130 cm³/mol. The SMILES string of the molecule is O=C1Nc2ccc([N+](=O)[O-])cc2C1=C(Nc1ccc(CC2CCNC2=O)cc1)c1ccccc1. The molecule has 2 aliphatic heterocycles. The van der Waals surface area contributed by atoms with Gasteiger partial charge in [-0.05, 0) is 42.2 Å². The molecule has 2 amide bonds. The van der Waals surface area contributed by atoms with Gasteiger partial charge in [0.2, 0.25) is 5.91 Å². The monoisotopic (exact) mass is 454 g/mol. The van der Waals surface area contributed by atoms with Gasteiger partial charge < -0.3 is 16.0 Å². The summed E-state index contributed by atoms with van der Waals surface area (Å²) in [5.74, 6) is -0.237. The lowest BCUT2D eigenvalue weighted by Gasteiger charge is -2.15. The standard InChI is InChI=1S/C26H22N4O4/c31-25-18(12-13-27-25)14-16-6-8-19(9-7-16)28-24(17-4-2-1-3-5-17)23-21-15-20(30(33)34)10-11-22(21)29-26(23)32/h1-11,15,18,28H,12-14H2,(H,27,31)(H,29,32). The molecule has 1 fully saturated rings. The number of nitrogens with zero attached hydrogens (tertiary/aromatic N) is 1. The fourth-order valence-corrected chi connectivity index (χ4v) is 4.39. The first-order chi connectivity index (χ1) is 16.5. The van der Waals surface area contributed by atoms with Crippen LogP contribution in [-0.4, -0.2) is 23.3 Å². The zero-order chi connectivity index (χ0) is 23.7. The van der Waals surface area contributed by atoms with Gasteiger partial charge in [0.25, 0.3) is 11.6 Å². The van der Waals surface area contributed by atoms with Crippen LogP contribution >= 0.6 is 0 Å². The highest BCUT2D eigenvalue weighted by molar-refractivity contribution is 6.37. The van der Waals surface area contributed by atoms with Gasteiger partial charge >= 0.3 is 0 Å². The van der Waals surface area contributed by atoms with Crippen LogP contribution in [0.1, 0.15) is 23.1 Å². The number of hydrogen-bond donors (Lipinski definition) is 3. The van der Waals surface area contributed by atoms with Crippen molar-refractivity contribution in [2.45, 2.75) is 12.8 Å². The second kappa shape index (κ2) is 8.82. The Morgan fingerprint density at radius 3 is 2.47 bits per heavy atom. The number of nitrogens with one attached hydrogen (secondary N) is 3. The van der Waals surface area contributed by atoms with E-state index in [9.17, 15) is 19.7 Å². The van der Waals surface area contributed by atoms with E-state index in [1.165, 1.54) is 12.1 Å². The van der Waals surface area contributed by atoms with Crippen molar-refractivity contribution in [3.05, 3.63) is 99.6 Å². The Morgan fingerprint density at radius 2 is 1.79 bits per heavy atom. The number of carbonyl (C=O) groups excluding carboxylic acids is 2. The normalized spacial score (nSPS) is 18.2. The number of benzene rings is 3. The Bertz CT molecular complexity index is 1320. The van der Waals surface area contributed by atoms with E-state index < -0.39 is 4.92 Å². The molecule has 3 aromatic carbocycles. The lowest BCUT2D eigenvalue weighted by molar-refractivity contribution is -0.384. The van der Waals surface area contributed by atoms with Crippen molar-refractivity contribution in [2.24, 2.45) is 5.92 Å². The van der Waals surface area contributed by atoms with Crippen LogP contribution in [0.25, 0.3) is 11.3 Å². The molecular weight excluding hydrogens is 432 g/mol. The first kappa shape index (κ1) is 21.4. The third-order valence-electron chi connectivity index (χ3n) is 6.14. The second-order valence-electron chi connectivity index (χ2n) is 8.36. The van der Waals surface area contributed by atoms with Gasteiger partial charge in [0.05, 0.1) is 16.2 Å². The zero-order valence-corrected chi connectivity index (χ0v) is 18.2. The van der Waals surface area contributed by atoms with Gasteiger partial charge in [0.15, 0.2) is 0 Å². The molecule has 0 aliphatic carbocycles. The lowest BCUT2D eigenvalue weighted by Crippen LogP contribution is -2.20. The van der Waals surface area contributed by atoms with Gasteiger partial charge in [-0.1, -0.05) is 42.5 Å². The topological polar surface area (TPSA) is 113 Å². The summed E-state index contributed by atoms with van der Waals surface area (Å²) in [5.41, 5.74) is 4.43. The van der Waals surface area contributed by atoms with Crippen molar-refractivity contribution >= 4 is 40.1 Å². The maximum Gasteiger partial charge on any atom is 0.270 e. The molecule has 0 saturated carbocycles. The van der Waals surface area contributed by atoms with Gasteiger partial charge in [0.1, 0.15) is 0 Å². The Labute approximate surface area is 195 Å². The van der Waals surface area contributed by atoms with E-state index in [0.717, 1.165) is 29.8 Å². The van der Waals surface area contributed by atoms with Crippen molar-refractivity contribution in [2.75, 3.05) is 17.2 Å². The van der Waals surface area contributed by atoms with Crippen LogP contribution in [0.5, 0.6) is 0 Å². The van der Waals surface area contributed by atoms with Crippen molar-refractivity contribution in [3.8, 4) is 0 Å². The quantitative estimate of drug-likeness (QED) is 0.293. The summed E-state index contributed by atoms with van der Waals surface area (Å²) in [7, 11) is 0. The first-order valence-electron chi connectivity index (χ1n) is 11.0. The van der Waals surface area contributed by atoms with E-state index in [2.05, 4.69) is 16.0 Å². The maximum atomic E-state index is 13.0. The van der Waals surface area contributed by atoms with Crippen LogP contribution in [0, 0.1) is 16.0 Å². The summed E-state index contributed by atoms with van der Waals surface area (Å²) in [6.07, 6.45) is 1.52. The summed E-state index contributed by atoms with van der Waals surface area (Å²) in [6, 6.07) is 21.5. The molecule has 8 nitrogen and oxygen atoms in total. The summed E-state index contributed by atoms with van der Waals surface area (Å²) < 4.78 is 0. The van der Waals surface area contributed by atoms with Crippen molar-refractivity contribution in [1.82, 2.24) is 5.32 Å². The highest BCUT2D eigenvalue weighted by Gasteiger charge is 2.30. The summed E-state index contributed by atoms with van der Waals surface area (Å²) in [5, 5.41) is 20.4. The highest BCUT2D eigenvalue weighted by atomic mass is 16.6. The van der Waals surface area contributed by atoms with Gasteiger partial charge in [-0.25, -0.2) is 0 Å². The van der Waals surface area contributed by atoms with E-state index in [0.29, 0.717) is 28.9 Å². The van der Waals surface area contributed by atoms with Crippen molar-refractivity contribution < 1.29 is 14.5 Å². The molecule has 0 bridgehead atoms. The van der Waals surface area contributed by atoms with E-state index in [1.54, 1.807) is 6.07 Å². The Balaban J connectivity index is 1.52. The number of amides is 2. The smallest absolute Gasteiger partial charge is 0.270 e. The molecule has 0 radical (unpaired) electrons. The number of non-ortho nitro benzene ring substituents is 1. The van der Waals surface area contributed by atoms with Crippen LogP contribution in [-0.2, 0) is 16.0 Å². The fraction of sp³-hybridized carbons (Fsp3) is 0.154. The summed E-state index contributed by atoms with van der Waals surface area (Å²) in [6.45, 7) is 0.721. The molecule has 170 valence electrons. The summed E-state index contributed by atoms with van der Waals surface area (Å²) in [4.78, 5) is 35.7. The number of rotatable bonds is 6. The molecule has 3 N–H and O–H groups in total. The average Bonchev–Trinajstić information content (AvgIpc) is 3.40. The minimum atomic E-state index is -0.473. The zero-order valence-electron chi connectivity index (χ0n) is 18.2. The minimum absolute atomic E-state index is 0.00437. The van der Waals surface area contributed by atoms with Gasteiger partial charge in [-0.15, -0.1) is 0 Å². The molecule has 3 aromatic rings. The predicted octanol–water partition coefficient (Wildman–Crippen LogP) is 4.21. The molecule has 2 heterocycles. The third-order valence-corrected chi connectivity index (χ3v) is 6.14. The molecule has 2 aliphatic rings. The van der Waals surface area contributed by atoms with Crippen LogP contribution < -0.4 is 16.0 Å². The molecule has 1 atom stereocenters. The van der Waals surface area contributed by atoms with Crippen molar-refractivity contribution in [1.29, 1.82) is 0 Å². The third kappa shape index (κ3) is 4.13. The minimum Gasteiger partial charge on any atom is -0.356 e. The van der Waals surface area contributed by atoms with Crippen LogP contribution in [0.2, 0.25) is 0 Å². The van der Waals surface area contributed by atoms with Crippen molar-refractivity contribution in [3.63, 3.8) is 0 Å². The number of anilines is 2. The van der Waals surface area contributed by atoms with Gasteiger partial charge in [-0.3, -0.25) is 19.7 Å². The highest BCUT2D eigenvalue weighted by Crippen LogP contribution is 2.39. The van der Waals surface area contributed by atoms with Gasteiger partial charge in [-0.2, -0.15) is 0 Å².